The summed E-state index contributed by atoms with van der Waals surface area (Å²) in [7, 11) is 0. The van der Waals surface area contributed by atoms with Crippen molar-refractivity contribution in [3.05, 3.63) is 41.5 Å². The van der Waals surface area contributed by atoms with E-state index in [1.807, 2.05) is 0 Å². The van der Waals surface area contributed by atoms with Gasteiger partial charge in [-0.2, -0.15) is 0 Å². The highest BCUT2D eigenvalue weighted by atomic mass is 16.5. The lowest BCUT2D eigenvalue weighted by atomic mass is 10.1. The molecule has 3 rings (SSSR count). The second-order valence-corrected chi connectivity index (χ2v) is 4.43. The lowest BCUT2D eigenvalue weighted by molar-refractivity contribution is -0.0489. The van der Waals surface area contributed by atoms with Crippen molar-refractivity contribution in [1.29, 1.82) is 0 Å². The van der Waals surface area contributed by atoms with Crippen molar-refractivity contribution >= 4 is 6.08 Å². The maximum absolute atomic E-state index is 5.95. The van der Waals surface area contributed by atoms with Gasteiger partial charge in [0.2, 0.25) is 0 Å². The van der Waals surface area contributed by atoms with Crippen LogP contribution in [-0.2, 0) is 9.47 Å². The standard InChI is InChI=1S/C14H17NO2/c1-2-4-13-12(3-1)5-6-14(13)17-11-15-7-9-16-10-8-15/h1-6,14H,7-11H2. The van der Waals surface area contributed by atoms with E-state index in [4.69, 9.17) is 9.47 Å². The van der Waals surface area contributed by atoms with Crippen LogP contribution in [0, 0.1) is 0 Å². The van der Waals surface area contributed by atoms with Crippen LogP contribution >= 0.6 is 0 Å². The van der Waals surface area contributed by atoms with Gasteiger partial charge in [-0.1, -0.05) is 36.4 Å². The number of hydrogen-bond acceptors (Lipinski definition) is 3. The van der Waals surface area contributed by atoms with Crippen LogP contribution in [0.25, 0.3) is 6.08 Å². The van der Waals surface area contributed by atoms with Gasteiger partial charge >= 0.3 is 0 Å². The Hall–Kier alpha value is -1.16. The maximum atomic E-state index is 5.95. The fourth-order valence-corrected chi connectivity index (χ4v) is 2.28. The molecular weight excluding hydrogens is 214 g/mol. The Kier molecular flexibility index (Phi) is 3.22. The number of hydrogen-bond donors (Lipinski definition) is 0. The molecule has 1 aromatic rings. The molecule has 0 bridgehead atoms. The van der Waals surface area contributed by atoms with E-state index in [-0.39, 0.29) is 6.10 Å². The Labute approximate surface area is 102 Å². The minimum Gasteiger partial charge on any atom is -0.379 e. The predicted octanol–water partition coefficient (Wildman–Crippen LogP) is 2.06. The quantitative estimate of drug-likeness (QED) is 0.794. The molecule has 0 radical (unpaired) electrons. The molecule has 1 saturated heterocycles. The molecule has 3 heteroatoms. The number of rotatable bonds is 3. The molecule has 0 aromatic heterocycles. The molecule has 1 aromatic carbocycles. The molecule has 1 aliphatic carbocycles. The molecule has 0 spiro atoms. The average Bonchev–Trinajstić information content (AvgIpc) is 2.81. The van der Waals surface area contributed by atoms with Gasteiger partial charge in [-0.15, -0.1) is 0 Å². The van der Waals surface area contributed by atoms with Gasteiger partial charge < -0.3 is 9.47 Å². The van der Waals surface area contributed by atoms with Crippen molar-refractivity contribution in [2.24, 2.45) is 0 Å². The van der Waals surface area contributed by atoms with Gasteiger partial charge in [0.05, 0.1) is 13.2 Å². The molecule has 1 aliphatic heterocycles. The van der Waals surface area contributed by atoms with Crippen molar-refractivity contribution in [3.8, 4) is 0 Å². The third-order valence-corrected chi connectivity index (χ3v) is 3.29. The first-order valence-electron chi connectivity index (χ1n) is 6.12. The van der Waals surface area contributed by atoms with Gasteiger partial charge in [0, 0.05) is 13.1 Å². The van der Waals surface area contributed by atoms with Gasteiger partial charge in [-0.05, 0) is 11.1 Å². The summed E-state index contributed by atoms with van der Waals surface area (Å²) in [5, 5.41) is 0. The lowest BCUT2D eigenvalue weighted by Gasteiger charge is -2.27. The molecule has 3 nitrogen and oxygen atoms in total. The smallest absolute Gasteiger partial charge is 0.103 e. The first kappa shape index (κ1) is 11.0. The van der Waals surface area contributed by atoms with Gasteiger partial charge in [0.1, 0.15) is 12.8 Å². The number of nitrogens with zero attached hydrogens (tertiary/aromatic N) is 1. The Balaban J connectivity index is 1.58. The van der Waals surface area contributed by atoms with Crippen molar-refractivity contribution in [1.82, 2.24) is 4.90 Å². The minimum absolute atomic E-state index is 0.119. The van der Waals surface area contributed by atoms with Crippen LogP contribution in [0.3, 0.4) is 0 Å². The van der Waals surface area contributed by atoms with E-state index in [2.05, 4.69) is 41.3 Å². The third-order valence-electron chi connectivity index (χ3n) is 3.29. The van der Waals surface area contributed by atoms with E-state index in [9.17, 15) is 0 Å². The van der Waals surface area contributed by atoms with E-state index in [0.29, 0.717) is 6.73 Å². The molecular formula is C14H17NO2. The fraction of sp³-hybridized carbons (Fsp3) is 0.429. The molecule has 1 fully saturated rings. The van der Waals surface area contributed by atoms with Crippen LogP contribution in [0.15, 0.2) is 30.3 Å². The minimum atomic E-state index is 0.119. The molecule has 0 N–H and O–H groups in total. The lowest BCUT2D eigenvalue weighted by Crippen LogP contribution is -2.37. The molecule has 0 saturated carbocycles. The van der Waals surface area contributed by atoms with Crippen molar-refractivity contribution in [2.45, 2.75) is 6.10 Å². The van der Waals surface area contributed by atoms with Crippen LogP contribution in [0.4, 0.5) is 0 Å². The SMILES string of the molecule is C1=CC(OCN2CCOCC2)c2ccccc21. The Morgan fingerprint density at radius 1 is 1.24 bits per heavy atom. The summed E-state index contributed by atoms with van der Waals surface area (Å²) in [6.45, 7) is 4.27. The number of fused-ring (bicyclic) bond motifs is 1. The normalized spacial score (nSPS) is 23.9. The van der Waals surface area contributed by atoms with Crippen LogP contribution in [0.2, 0.25) is 0 Å². The molecule has 2 aliphatic rings. The zero-order valence-corrected chi connectivity index (χ0v) is 9.84. The molecule has 1 atom stereocenters. The molecule has 90 valence electrons. The largest absolute Gasteiger partial charge is 0.379 e. The fourth-order valence-electron chi connectivity index (χ4n) is 2.28. The zero-order chi connectivity index (χ0) is 11.5. The highest BCUT2D eigenvalue weighted by molar-refractivity contribution is 5.61. The van der Waals surface area contributed by atoms with Crippen molar-refractivity contribution < 1.29 is 9.47 Å². The number of morpholine rings is 1. The van der Waals surface area contributed by atoms with E-state index < -0.39 is 0 Å². The molecule has 1 unspecified atom stereocenters. The van der Waals surface area contributed by atoms with Crippen LogP contribution in [0.5, 0.6) is 0 Å². The van der Waals surface area contributed by atoms with Crippen LogP contribution < -0.4 is 0 Å². The Bertz CT molecular complexity index is 410. The van der Waals surface area contributed by atoms with Crippen LogP contribution in [0.1, 0.15) is 17.2 Å². The molecule has 0 amide bonds. The highest BCUT2D eigenvalue weighted by Gasteiger charge is 2.18. The van der Waals surface area contributed by atoms with E-state index >= 15 is 0 Å². The highest BCUT2D eigenvalue weighted by Crippen LogP contribution is 2.30. The van der Waals surface area contributed by atoms with Gasteiger partial charge in [0.15, 0.2) is 0 Å². The van der Waals surface area contributed by atoms with E-state index in [0.717, 1.165) is 26.3 Å². The zero-order valence-electron chi connectivity index (χ0n) is 9.84. The number of benzene rings is 1. The summed E-state index contributed by atoms with van der Waals surface area (Å²) >= 11 is 0. The van der Waals surface area contributed by atoms with Crippen molar-refractivity contribution in [2.75, 3.05) is 33.0 Å². The summed E-state index contributed by atoms with van der Waals surface area (Å²) in [6, 6.07) is 8.40. The number of ether oxygens (including phenoxy) is 2. The van der Waals surface area contributed by atoms with Gasteiger partial charge in [-0.3, -0.25) is 4.90 Å². The second kappa shape index (κ2) is 5.00. The summed E-state index contributed by atoms with van der Waals surface area (Å²) in [5.74, 6) is 0. The van der Waals surface area contributed by atoms with Gasteiger partial charge in [0.25, 0.3) is 0 Å². The molecule has 1 heterocycles. The summed E-state index contributed by atoms with van der Waals surface area (Å²) in [5.41, 5.74) is 2.56. The van der Waals surface area contributed by atoms with Crippen molar-refractivity contribution in [3.63, 3.8) is 0 Å². The molecule has 17 heavy (non-hydrogen) atoms. The summed E-state index contributed by atoms with van der Waals surface area (Å²) < 4.78 is 11.3. The van der Waals surface area contributed by atoms with Crippen LogP contribution in [-0.4, -0.2) is 37.9 Å². The topological polar surface area (TPSA) is 21.7 Å². The second-order valence-electron chi connectivity index (χ2n) is 4.43. The monoisotopic (exact) mass is 231 g/mol. The average molecular weight is 231 g/mol. The first-order valence-corrected chi connectivity index (χ1v) is 6.12. The Morgan fingerprint density at radius 2 is 2.06 bits per heavy atom. The van der Waals surface area contributed by atoms with Gasteiger partial charge in [-0.25, -0.2) is 0 Å². The van der Waals surface area contributed by atoms with E-state index in [1.54, 1.807) is 0 Å². The predicted molar refractivity (Wildman–Crippen MR) is 66.6 cm³/mol. The van der Waals surface area contributed by atoms with E-state index in [1.165, 1.54) is 11.1 Å². The summed E-state index contributed by atoms with van der Waals surface area (Å²) in [4.78, 5) is 2.29. The third kappa shape index (κ3) is 2.41. The Morgan fingerprint density at radius 3 is 2.94 bits per heavy atom. The maximum Gasteiger partial charge on any atom is 0.103 e. The summed E-state index contributed by atoms with van der Waals surface area (Å²) in [6.07, 6.45) is 4.39. The first-order chi connectivity index (χ1) is 8.43.